The minimum absolute atomic E-state index is 0.237. The number of fused-ring (bicyclic) bond motifs is 1. The highest BCUT2D eigenvalue weighted by atomic mass is 16.6. The second-order valence-corrected chi connectivity index (χ2v) is 6.14. The Morgan fingerprint density at radius 3 is 2.65 bits per heavy atom. The maximum absolute atomic E-state index is 12.6. The van der Waals surface area contributed by atoms with E-state index in [4.69, 9.17) is 5.73 Å². The average Bonchev–Trinajstić information content (AvgIpc) is 2.61. The van der Waals surface area contributed by atoms with Crippen molar-refractivity contribution in [3.8, 4) is 0 Å². The Morgan fingerprint density at radius 1 is 1.31 bits per heavy atom. The molecule has 1 aliphatic carbocycles. The third-order valence-corrected chi connectivity index (χ3v) is 4.47. The van der Waals surface area contributed by atoms with E-state index in [0.29, 0.717) is 5.52 Å². The van der Waals surface area contributed by atoms with Crippen LogP contribution in [0.4, 0.5) is 5.69 Å². The first-order chi connectivity index (χ1) is 12.3. The van der Waals surface area contributed by atoms with E-state index in [0.717, 1.165) is 0 Å². The molecule has 26 heavy (non-hydrogen) atoms. The third-order valence-electron chi connectivity index (χ3n) is 4.47. The van der Waals surface area contributed by atoms with Gasteiger partial charge < -0.3 is 5.73 Å². The van der Waals surface area contributed by atoms with Crippen LogP contribution in [0, 0.1) is 21.4 Å². The van der Waals surface area contributed by atoms with Crippen LogP contribution in [-0.2, 0) is 20.8 Å². The molecular formula is C17H14N4O5. The number of hydrogen-bond donors (Lipinski definition) is 1. The van der Waals surface area contributed by atoms with Crippen molar-refractivity contribution in [1.29, 1.82) is 0 Å². The second kappa shape index (κ2) is 6.10. The molecule has 1 aromatic carbocycles. The Balaban J connectivity index is 2.21. The van der Waals surface area contributed by atoms with Gasteiger partial charge in [0.15, 0.2) is 0 Å². The van der Waals surface area contributed by atoms with Gasteiger partial charge in [-0.2, -0.15) is 0 Å². The number of non-ortho nitro benzene ring substituents is 1. The zero-order chi connectivity index (χ0) is 19.1. The van der Waals surface area contributed by atoms with Crippen LogP contribution >= 0.6 is 0 Å². The van der Waals surface area contributed by atoms with Crippen LogP contribution in [0.2, 0.25) is 0 Å². The Morgan fingerprint density at radius 2 is 2.00 bits per heavy atom. The number of rotatable bonds is 4. The van der Waals surface area contributed by atoms with Crippen LogP contribution in [-0.4, -0.2) is 32.4 Å². The number of aromatic nitrogens is 2. The molecule has 1 amide bonds. The largest absolute Gasteiger partial charge is 0.369 e. The van der Waals surface area contributed by atoms with E-state index in [1.165, 1.54) is 43.6 Å². The van der Waals surface area contributed by atoms with Gasteiger partial charge in [-0.3, -0.25) is 34.5 Å². The highest BCUT2D eigenvalue weighted by molar-refractivity contribution is 6.45. The minimum atomic E-state index is -1.90. The van der Waals surface area contributed by atoms with Gasteiger partial charge in [0.2, 0.25) is 17.5 Å². The second-order valence-electron chi connectivity index (χ2n) is 6.14. The number of ketones is 2. The predicted molar refractivity (Wildman–Crippen MR) is 89.8 cm³/mol. The molecule has 2 aromatic rings. The number of carbonyl (C=O) groups excluding carboxylic acids is 3. The molecule has 0 fully saturated rings. The van der Waals surface area contributed by atoms with Crippen molar-refractivity contribution in [2.24, 2.45) is 17.1 Å². The Labute approximate surface area is 147 Å². The Kier molecular flexibility index (Phi) is 4.07. The molecule has 9 heteroatoms. The predicted octanol–water partition coefficient (Wildman–Crippen LogP) is 0.896. The van der Waals surface area contributed by atoms with E-state index in [1.807, 2.05) is 0 Å². The van der Waals surface area contributed by atoms with Gasteiger partial charge in [0.05, 0.1) is 16.0 Å². The van der Waals surface area contributed by atoms with E-state index in [1.54, 1.807) is 0 Å². The number of nitro groups is 1. The maximum Gasteiger partial charge on any atom is 0.272 e. The van der Waals surface area contributed by atoms with Gasteiger partial charge in [0, 0.05) is 36.9 Å². The molecule has 0 bridgehead atoms. The summed E-state index contributed by atoms with van der Waals surface area (Å²) in [4.78, 5) is 55.6. The number of carbonyl (C=O) groups is 3. The summed E-state index contributed by atoms with van der Waals surface area (Å²) in [6, 6.07) is 2.46. The van der Waals surface area contributed by atoms with Gasteiger partial charge in [-0.05, 0) is 5.56 Å². The number of allylic oxidation sites excluding steroid dienone is 1. The summed E-state index contributed by atoms with van der Waals surface area (Å²) in [5.74, 6) is -3.31. The van der Waals surface area contributed by atoms with E-state index in [2.05, 4.69) is 9.97 Å². The van der Waals surface area contributed by atoms with Gasteiger partial charge in [0.1, 0.15) is 5.41 Å². The van der Waals surface area contributed by atoms with E-state index in [-0.39, 0.29) is 23.2 Å². The van der Waals surface area contributed by atoms with Crippen molar-refractivity contribution < 1.29 is 19.3 Å². The zero-order valence-corrected chi connectivity index (χ0v) is 13.7. The maximum atomic E-state index is 12.6. The highest BCUT2D eigenvalue weighted by Crippen LogP contribution is 2.35. The number of benzene rings is 1. The van der Waals surface area contributed by atoms with Crippen molar-refractivity contribution in [3.05, 3.63) is 52.4 Å². The summed E-state index contributed by atoms with van der Waals surface area (Å²) in [6.45, 7) is 1.54. The number of nitrogens with two attached hydrogens (primary N) is 1. The summed E-state index contributed by atoms with van der Waals surface area (Å²) in [6.07, 6.45) is 5.20. The fourth-order valence-electron chi connectivity index (χ4n) is 2.99. The molecule has 0 saturated carbocycles. The molecule has 132 valence electrons. The van der Waals surface area contributed by atoms with Crippen molar-refractivity contribution in [3.63, 3.8) is 0 Å². The molecule has 1 heterocycles. The van der Waals surface area contributed by atoms with Gasteiger partial charge in [0.25, 0.3) is 5.69 Å². The van der Waals surface area contributed by atoms with Crippen molar-refractivity contribution in [1.82, 2.24) is 9.97 Å². The van der Waals surface area contributed by atoms with Crippen molar-refractivity contribution in [2.75, 3.05) is 0 Å². The third kappa shape index (κ3) is 2.63. The number of nitro benzene ring substituents is 1. The molecule has 2 N–H and O–H groups in total. The molecule has 3 rings (SSSR count). The molecular weight excluding hydrogens is 340 g/mol. The summed E-state index contributed by atoms with van der Waals surface area (Å²) < 4.78 is 0. The lowest BCUT2D eigenvalue weighted by Crippen LogP contribution is -2.50. The first kappa shape index (κ1) is 17.3. The van der Waals surface area contributed by atoms with Gasteiger partial charge in [-0.1, -0.05) is 19.1 Å². The van der Waals surface area contributed by atoms with Gasteiger partial charge in [-0.25, -0.2) is 0 Å². The van der Waals surface area contributed by atoms with Crippen LogP contribution in [0.3, 0.4) is 0 Å². The smallest absolute Gasteiger partial charge is 0.272 e. The van der Waals surface area contributed by atoms with Crippen molar-refractivity contribution >= 4 is 34.2 Å². The standard InChI is InChI=1S/C17H14N4O5/c1-9-2-3-17(16(18)24,15(23)14(9)22)8-10-6-11(21(25)26)7-12-13(10)20-5-4-19-12/h2-7,9H,8H2,1H3,(H2,18,24). The molecule has 2 atom stereocenters. The SMILES string of the molecule is CC1C=CC(Cc2cc([N+](=O)[O-])cc3nccnc23)(C(N)=O)C(=O)C1=O. The van der Waals surface area contributed by atoms with Gasteiger partial charge >= 0.3 is 0 Å². The average molecular weight is 354 g/mol. The monoisotopic (exact) mass is 354 g/mol. The summed E-state index contributed by atoms with van der Waals surface area (Å²) in [5, 5.41) is 11.2. The quantitative estimate of drug-likeness (QED) is 0.282. The highest BCUT2D eigenvalue weighted by Gasteiger charge is 2.49. The fraction of sp³-hybridized carbons (Fsp3) is 0.235. The molecule has 0 radical (unpaired) electrons. The van der Waals surface area contributed by atoms with E-state index >= 15 is 0 Å². The lowest BCUT2D eigenvalue weighted by Gasteiger charge is -2.29. The molecule has 0 saturated heterocycles. The van der Waals surface area contributed by atoms with Gasteiger partial charge in [-0.15, -0.1) is 0 Å². The topological polar surface area (TPSA) is 146 Å². The lowest BCUT2D eigenvalue weighted by molar-refractivity contribution is -0.384. The van der Waals surface area contributed by atoms with E-state index in [9.17, 15) is 24.5 Å². The minimum Gasteiger partial charge on any atom is -0.369 e. The Hall–Kier alpha value is -3.49. The van der Waals surface area contributed by atoms with Crippen LogP contribution in [0.15, 0.2) is 36.7 Å². The van der Waals surface area contributed by atoms with Crippen LogP contribution in [0.5, 0.6) is 0 Å². The zero-order valence-electron chi connectivity index (χ0n) is 13.7. The van der Waals surface area contributed by atoms with E-state index < -0.39 is 33.7 Å². The molecule has 1 aliphatic rings. The van der Waals surface area contributed by atoms with Crippen molar-refractivity contribution in [2.45, 2.75) is 13.3 Å². The number of nitrogens with zero attached hydrogens (tertiary/aromatic N) is 3. The number of primary amides is 1. The number of amides is 1. The normalized spacial score (nSPS) is 22.6. The Bertz CT molecular complexity index is 1000. The molecule has 0 spiro atoms. The lowest BCUT2D eigenvalue weighted by atomic mass is 9.70. The number of hydrogen-bond acceptors (Lipinski definition) is 7. The molecule has 1 aromatic heterocycles. The number of Topliss-reactive ketones (excluding diaryl/α,β-unsaturated/α-hetero) is 2. The van der Waals surface area contributed by atoms with Crippen LogP contribution in [0.25, 0.3) is 11.0 Å². The summed E-state index contributed by atoms with van der Waals surface area (Å²) in [5.41, 5.74) is 4.07. The summed E-state index contributed by atoms with van der Waals surface area (Å²) in [7, 11) is 0. The molecule has 0 aliphatic heterocycles. The first-order valence-electron chi connectivity index (χ1n) is 7.72. The van der Waals surface area contributed by atoms with Crippen LogP contribution < -0.4 is 5.73 Å². The summed E-state index contributed by atoms with van der Waals surface area (Å²) >= 11 is 0. The van der Waals surface area contributed by atoms with Crippen LogP contribution in [0.1, 0.15) is 12.5 Å². The molecule has 9 nitrogen and oxygen atoms in total. The molecule has 2 unspecified atom stereocenters. The fourth-order valence-corrected chi connectivity index (χ4v) is 2.99. The first-order valence-corrected chi connectivity index (χ1v) is 7.72.